The molecule has 0 amide bonds. The Balaban J connectivity index is 1.82. The molecule has 5 nitrogen and oxygen atoms in total. The molecule has 5 heteroatoms. The second-order valence-electron chi connectivity index (χ2n) is 4.70. The van der Waals surface area contributed by atoms with Crippen LogP contribution in [0.25, 0.3) is 0 Å². The van der Waals surface area contributed by atoms with Crippen LogP contribution in [0.1, 0.15) is 63.7 Å². The molecule has 1 atom stereocenters. The van der Waals surface area contributed by atoms with E-state index in [-0.39, 0.29) is 6.04 Å². The molecule has 16 heavy (non-hydrogen) atoms. The predicted molar refractivity (Wildman–Crippen MR) is 61.8 cm³/mol. The van der Waals surface area contributed by atoms with Gasteiger partial charge in [0.25, 0.3) is 0 Å². The van der Waals surface area contributed by atoms with Gasteiger partial charge in [0.15, 0.2) is 5.82 Å². The van der Waals surface area contributed by atoms with Crippen LogP contribution in [0, 0.1) is 0 Å². The Morgan fingerprint density at radius 3 is 2.50 bits per heavy atom. The normalized spacial score (nSPS) is 21.3. The summed E-state index contributed by atoms with van der Waals surface area (Å²) in [5, 5.41) is 17.7. The van der Waals surface area contributed by atoms with Gasteiger partial charge in [-0.15, -0.1) is 10.2 Å². The second kappa shape index (κ2) is 5.94. The molecule has 0 spiro atoms. The summed E-state index contributed by atoms with van der Waals surface area (Å²) in [6.07, 6.45) is 9.42. The van der Waals surface area contributed by atoms with Gasteiger partial charge in [-0.3, -0.25) is 0 Å². The number of aromatic nitrogens is 4. The quantitative estimate of drug-likeness (QED) is 0.822. The van der Waals surface area contributed by atoms with Crippen molar-refractivity contribution in [1.82, 2.24) is 25.9 Å². The number of rotatable bonds is 3. The summed E-state index contributed by atoms with van der Waals surface area (Å²) in [6, 6.07) is 0.817. The van der Waals surface area contributed by atoms with Gasteiger partial charge in [0, 0.05) is 6.04 Å². The maximum absolute atomic E-state index is 4.01. The highest BCUT2D eigenvalue weighted by atomic mass is 15.5. The minimum Gasteiger partial charge on any atom is -0.305 e. The van der Waals surface area contributed by atoms with E-state index in [2.05, 4.69) is 32.9 Å². The molecule has 0 saturated heterocycles. The van der Waals surface area contributed by atoms with Gasteiger partial charge in [-0.25, -0.2) is 0 Å². The third-order valence-corrected chi connectivity index (χ3v) is 3.34. The zero-order valence-corrected chi connectivity index (χ0v) is 9.95. The third kappa shape index (κ3) is 3.27. The zero-order chi connectivity index (χ0) is 11.2. The van der Waals surface area contributed by atoms with Gasteiger partial charge >= 0.3 is 0 Å². The summed E-state index contributed by atoms with van der Waals surface area (Å²) in [5.41, 5.74) is 0. The number of nitrogens with zero attached hydrogens (tertiary/aromatic N) is 3. The smallest absolute Gasteiger partial charge is 0.191 e. The van der Waals surface area contributed by atoms with Gasteiger partial charge in [-0.2, -0.15) is 5.21 Å². The van der Waals surface area contributed by atoms with Gasteiger partial charge < -0.3 is 5.32 Å². The van der Waals surface area contributed by atoms with E-state index in [9.17, 15) is 0 Å². The van der Waals surface area contributed by atoms with Crippen molar-refractivity contribution in [2.75, 3.05) is 0 Å². The predicted octanol–water partition coefficient (Wildman–Crippen LogP) is 1.96. The molecule has 0 aromatic carbocycles. The molecular formula is C11H21N5. The maximum Gasteiger partial charge on any atom is 0.191 e. The van der Waals surface area contributed by atoms with E-state index in [1.54, 1.807) is 0 Å². The van der Waals surface area contributed by atoms with Crippen molar-refractivity contribution < 1.29 is 0 Å². The van der Waals surface area contributed by atoms with E-state index < -0.39 is 0 Å². The van der Waals surface area contributed by atoms with Crippen LogP contribution in [0.4, 0.5) is 0 Å². The average molecular weight is 223 g/mol. The molecule has 0 bridgehead atoms. The first-order chi connectivity index (χ1) is 7.86. The van der Waals surface area contributed by atoms with Gasteiger partial charge in [0.2, 0.25) is 0 Å². The molecule has 0 aliphatic heterocycles. The van der Waals surface area contributed by atoms with Crippen LogP contribution >= 0.6 is 0 Å². The molecule has 1 heterocycles. The number of hydrogen-bond donors (Lipinski definition) is 2. The summed E-state index contributed by atoms with van der Waals surface area (Å²) < 4.78 is 0. The van der Waals surface area contributed by atoms with Gasteiger partial charge in [0.1, 0.15) is 0 Å². The van der Waals surface area contributed by atoms with E-state index >= 15 is 0 Å². The lowest BCUT2D eigenvalue weighted by molar-refractivity contribution is 0.357. The van der Waals surface area contributed by atoms with Gasteiger partial charge in [-0.1, -0.05) is 37.3 Å². The van der Waals surface area contributed by atoms with Crippen molar-refractivity contribution in [1.29, 1.82) is 0 Å². The van der Waals surface area contributed by atoms with E-state index in [0.717, 1.165) is 5.82 Å². The summed E-state index contributed by atoms with van der Waals surface area (Å²) in [7, 11) is 0. The minimum atomic E-state index is 0.197. The van der Waals surface area contributed by atoms with Crippen LogP contribution in [0.15, 0.2) is 0 Å². The summed E-state index contributed by atoms with van der Waals surface area (Å²) >= 11 is 0. The Hall–Kier alpha value is -0.970. The van der Waals surface area contributed by atoms with Crippen LogP contribution in [0.3, 0.4) is 0 Å². The lowest BCUT2D eigenvalue weighted by Gasteiger charge is -2.23. The minimum absolute atomic E-state index is 0.197. The number of nitrogens with one attached hydrogen (secondary N) is 2. The monoisotopic (exact) mass is 223 g/mol. The van der Waals surface area contributed by atoms with Crippen LogP contribution in [-0.2, 0) is 0 Å². The molecule has 2 N–H and O–H groups in total. The van der Waals surface area contributed by atoms with Crippen molar-refractivity contribution >= 4 is 0 Å². The van der Waals surface area contributed by atoms with E-state index in [0.29, 0.717) is 6.04 Å². The van der Waals surface area contributed by atoms with E-state index in [1.807, 2.05) is 0 Å². The van der Waals surface area contributed by atoms with E-state index in [1.165, 1.54) is 44.9 Å². The number of hydrogen-bond acceptors (Lipinski definition) is 4. The van der Waals surface area contributed by atoms with Crippen LogP contribution in [0.2, 0.25) is 0 Å². The number of tetrazole rings is 1. The second-order valence-corrected chi connectivity index (χ2v) is 4.70. The largest absolute Gasteiger partial charge is 0.305 e. The van der Waals surface area contributed by atoms with Gasteiger partial charge in [0.05, 0.1) is 6.04 Å². The van der Waals surface area contributed by atoms with Crippen molar-refractivity contribution in [2.45, 2.75) is 64.0 Å². The van der Waals surface area contributed by atoms with Crippen LogP contribution < -0.4 is 5.32 Å². The van der Waals surface area contributed by atoms with Crippen molar-refractivity contribution in [2.24, 2.45) is 0 Å². The Bertz CT molecular complexity index is 277. The standard InChI is InChI=1S/C11H21N5/c1-9(11-13-15-16-14-11)12-10-7-5-3-2-4-6-8-10/h9-10,12H,2-8H2,1H3,(H,13,14,15,16). The Labute approximate surface area is 96.4 Å². The third-order valence-electron chi connectivity index (χ3n) is 3.34. The maximum atomic E-state index is 4.01. The van der Waals surface area contributed by atoms with Crippen LogP contribution in [-0.4, -0.2) is 26.7 Å². The molecule has 1 aromatic heterocycles. The molecule has 90 valence electrons. The Kier molecular flexibility index (Phi) is 4.27. The molecule has 1 aliphatic carbocycles. The summed E-state index contributed by atoms with van der Waals surface area (Å²) in [6.45, 7) is 2.10. The van der Waals surface area contributed by atoms with E-state index in [4.69, 9.17) is 0 Å². The summed E-state index contributed by atoms with van der Waals surface area (Å²) in [4.78, 5) is 0. The fourth-order valence-electron chi connectivity index (χ4n) is 2.40. The number of aromatic amines is 1. The topological polar surface area (TPSA) is 66.5 Å². The van der Waals surface area contributed by atoms with Gasteiger partial charge in [-0.05, 0) is 19.8 Å². The SMILES string of the molecule is CC(NC1CCCCCCC1)c1nn[nH]n1. The van der Waals surface area contributed by atoms with Crippen molar-refractivity contribution in [3.8, 4) is 0 Å². The number of H-pyrrole nitrogens is 1. The molecule has 1 fully saturated rings. The Morgan fingerprint density at radius 2 is 1.88 bits per heavy atom. The summed E-state index contributed by atoms with van der Waals surface area (Å²) in [5.74, 6) is 0.766. The molecule has 1 unspecified atom stereocenters. The Morgan fingerprint density at radius 1 is 1.19 bits per heavy atom. The highest BCUT2D eigenvalue weighted by molar-refractivity contribution is 4.88. The first kappa shape index (κ1) is 11.5. The lowest BCUT2D eigenvalue weighted by Crippen LogP contribution is -2.32. The van der Waals surface area contributed by atoms with Crippen molar-refractivity contribution in [3.05, 3.63) is 5.82 Å². The fourth-order valence-corrected chi connectivity index (χ4v) is 2.40. The zero-order valence-electron chi connectivity index (χ0n) is 9.95. The van der Waals surface area contributed by atoms with Crippen molar-refractivity contribution in [3.63, 3.8) is 0 Å². The first-order valence-electron chi connectivity index (χ1n) is 6.35. The lowest BCUT2D eigenvalue weighted by atomic mass is 9.96. The molecular weight excluding hydrogens is 202 g/mol. The molecule has 1 saturated carbocycles. The molecule has 2 rings (SSSR count). The molecule has 0 radical (unpaired) electrons. The molecule has 1 aromatic rings. The highest BCUT2D eigenvalue weighted by Crippen LogP contribution is 2.19. The van der Waals surface area contributed by atoms with Crippen LogP contribution in [0.5, 0.6) is 0 Å². The average Bonchev–Trinajstić information content (AvgIpc) is 2.74. The highest BCUT2D eigenvalue weighted by Gasteiger charge is 2.16. The first-order valence-corrected chi connectivity index (χ1v) is 6.35. The fraction of sp³-hybridized carbons (Fsp3) is 0.909. The molecule has 1 aliphatic rings.